The van der Waals surface area contributed by atoms with Crippen LogP contribution in [-0.4, -0.2) is 42.6 Å². The first-order chi connectivity index (χ1) is 10.1. The number of morpholine rings is 1. The van der Waals surface area contributed by atoms with Gasteiger partial charge >= 0.3 is 0 Å². The first-order valence-corrected chi connectivity index (χ1v) is 7.50. The number of ether oxygens (including phenoxy) is 1. The number of carbonyl (C=O) groups excluding carboxylic acids is 1. The lowest BCUT2D eigenvalue weighted by molar-refractivity contribution is -0.129. The van der Waals surface area contributed by atoms with Gasteiger partial charge in [0, 0.05) is 36.0 Å². The van der Waals surface area contributed by atoms with Crippen LogP contribution in [0, 0.1) is 0 Å². The molecule has 1 aromatic carbocycles. The highest BCUT2D eigenvalue weighted by molar-refractivity contribution is 5.95. The van der Waals surface area contributed by atoms with E-state index in [0.29, 0.717) is 26.3 Å². The van der Waals surface area contributed by atoms with Gasteiger partial charge in [-0.05, 0) is 25.8 Å². The number of benzene rings is 1. The summed E-state index contributed by atoms with van der Waals surface area (Å²) in [6, 6.07) is 8.30. The van der Waals surface area contributed by atoms with Gasteiger partial charge < -0.3 is 15.0 Å². The fourth-order valence-electron chi connectivity index (χ4n) is 3.00. The summed E-state index contributed by atoms with van der Waals surface area (Å²) in [6.07, 6.45) is 2.71. The molecule has 0 aromatic heterocycles. The molecular formula is C17H23ClN2O2. The number of rotatable bonds is 1. The minimum Gasteiger partial charge on any atom is -0.379 e. The van der Waals surface area contributed by atoms with Crippen molar-refractivity contribution in [2.75, 3.05) is 26.3 Å². The van der Waals surface area contributed by atoms with Gasteiger partial charge in [0.05, 0.1) is 13.2 Å². The SMILES string of the molecule is CC1(C)Cc2ccccc2C(=CC(=O)N2CCOCC2)N1.Cl. The molecule has 22 heavy (non-hydrogen) atoms. The van der Waals surface area contributed by atoms with Crippen molar-refractivity contribution in [3.05, 3.63) is 41.5 Å². The molecule has 1 amide bonds. The van der Waals surface area contributed by atoms with Gasteiger partial charge in [0.15, 0.2) is 0 Å². The molecule has 2 heterocycles. The third-order valence-electron chi connectivity index (χ3n) is 4.00. The molecule has 0 aliphatic carbocycles. The first-order valence-electron chi connectivity index (χ1n) is 7.50. The fourth-order valence-corrected chi connectivity index (χ4v) is 3.00. The maximum absolute atomic E-state index is 12.4. The molecule has 0 saturated carbocycles. The van der Waals surface area contributed by atoms with Crippen molar-refractivity contribution in [1.29, 1.82) is 0 Å². The van der Waals surface area contributed by atoms with Crippen LogP contribution in [0.1, 0.15) is 25.0 Å². The molecule has 1 N–H and O–H groups in total. The van der Waals surface area contributed by atoms with Gasteiger partial charge in [-0.3, -0.25) is 4.79 Å². The molecule has 1 saturated heterocycles. The Morgan fingerprint density at radius 1 is 1.27 bits per heavy atom. The summed E-state index contributed by atoms with van der Waals surface area (Å²) in [5.74, 6) is 0.0632. The second kappa shape index (κ2) is 6.71. The molecule has 0 bridgehead atoms. The summed E-state index contributed by atoms with van der Waals surface area (Å²) in [7, 11) is 0. The van der Waals surface area contributed by atoms with E-state index in [-0.39, 0.29) is 23.9 Å². The van der Waals surface area contributed by atoms with Crippen LogP contribution in [0.15, 0.2) is 30.3 Å². The third kappa shape index (κ3) is 3.62. The van der Waals surface area contributed by atoms with Gasteiger partial charge in [-0.2, -0.15) is 0 Å². The minimum absolute atomic E-state index is 0. The smallest absolute Gasteiger partial charge is 0.248 e. The maximum Gasteiger partial charge on any atom is 0.248 e. The summed E-state index contributed by atoms with van der Waals surface area (Å²) in [5, 5.41) is 3.50. The van der Waals surface area contributed by atoms with E-state index in [4.69, 9.17) is 4.74 Å². The van der Waals surface area contributed by atoms with Crippen LogP contribution in [0.25, 0.3) is 5.70 Å². The first kappa shape index (κ1) is 16.8. The second-order valence-corrected chi connectivity index (χ2v) is 6.34. The van der Waals surface area contributed by atoms with Gasteiger partial charge in [0.1, 0.15) is 0 Å². The van der Waals surface area contributed by atoms with E-state index in [9.17, 15) is 4.79 Å². The lowest BCUT2D eigenvalue weighted by atomic mass is 9.86. The Morgan fingerprint density at radius 3 is 2.68 bits per heavy atom. The molecular weight excluding hydrogens is 300 g/mol. The third-order valence-corrected chi connectivity index (χ3v) is 4.00. The Labute approximate surface area is 137 Å². The van der Waals surface area contributed by atoms with Crippen LogP contribution >= 0.6 is 12.4 Å². The van der Waals surface area contributed by atoms with E-state index < -0.39 is 0 Å². The molecule has 120 valence electrons. The van der Waals surface area contributed by atoms with Crippen molar-refractivity contribution in [2.24, 2.45) is 0 Å². The van der Waals surface area contributed by atoms with Gasteiger partial charge in [-0.25, -0.2) is 0 Å². The molecule has 1 aromatic rings. The van der Waals surface area contributed by atoms with Crippen LogP contribution in [0.4, 0.5) is 0 Å². The monoisotopic (exact) mass is 322 g/mol. The van der Waals surface area contributed by atoms with Gasteiger partial charge in [-0.15, -0.1) is 12.4 Å². The molecule has 0 radical (unpaired) electrons. The Balaban J connectivity index is 0.00000176. The molecule has 0 spiro atoms. The lowest BCUT2D eigenvalue weighted by Crippen LogP contribution is -2.45. The van der Waals surface area contributed by atoms with Crippen molar-refractivity contribution in [3.63, 3.8) is 0 Å². The summed E-state index contributed by atoms with van der Waals surface area (Å²) in [4.78, 5) is 14.3. The molecule has 2 aliphatic rings. The molecule has 1 fully saturated rings. The van der Waals surface area contributed by atoms with Crippen molar-refractivity contribution in [2.45, 2.75) is 25.8 Å². The van der Waals surface area contributed by atoms with Crippen molar-refractivity contribution >= 4 is 24.0 Å². The molecule has 2 aliphatic heterocycles. The number of halogens is 1. The number of carbonyl (C=O) groups is 1. The molecule has 5 heteroatoms. The Kier molecular flexibility index (Phi) is 5.14. The predicted octanol–water partition coefficient (Wildman–Crippen LogP) is 2.23. The highest BCUT2D eigenvalue weighted by atomic mass is 35.5. The average Bonchev–Trinajstić information content (AvgIpc) is 2.47. The molecule has 4 nitrogen and oxygen atoms in total. The lowest BCUT2D eigenvalue weighted by Gasteiger charge is -2.36. The van der Waals surface area contributed by atoms with E-state index in [0.717, 1.165) is 17.7 Å². The number of amides is 1. The Hall–Kier alpha value is -1.52. The maximum atomic E-state index is 12.4. The van der Waals surface area contributed by atoms with E-state index in [2.05, 4.69) is 37.4 Å². The highest BCUT2D eigenvalue weighted by Crippen LogP contribution is 2.29. The van der Waals surface area contributed by atoms with Crippen LogP contribution in [-0.2, 0) is 16.0 Å². The quantitative estimate of drug-likeness (QED) is 0.806. The van der Waals surface area contributed by atoms with E-state index in [1.165, 1.54) is 5.56 Å². The van der Waals surface area contributed by atoms with Gasteiger partial charge in [-0.1, -0.05) is 24.3 Å². The summed E-state index contributed by atoms with van der Waals surface area (Å²) in [5.41, 5.74) is 3.32. The minimum atomic E-state index is -0.0362. The summed E-state index contributed by atoms with van der Waals surface area (Å²) >= 11 is 0. The Bertz CT molecular complexity index is 578. The molecule has 0 atom stereocenters. The van der Waals surface area contributed by atoms with Crippen molar-refractivity contribution in [1.82, 2.24) is 10.2 Å². The summed E-state index contributed by atoms with van der Waals surface area (Å²) in [6.45, 7) is 6.93. The van der Waals surface area contributed by atoms with Crippen LogP contribution in [0.2, 0.25) is 0 Å². The van der Waals surface area contributed by atoms with Crippen LogP contribution in [0.3, 0.4) is 0 Å². The van der Waals surface area contributed by atoms with Crippen molar-refractivity contribution < 1.29 is 9.53 Å². The van der Waals surface area contributed by atoms with Gasteiger partial charge in [0.2, 0.25) is 5.91 Å². The molecule has 3 rings (SSSR count). The number of hydrogen-bond acceptors (Lipinski definition) is 3. The predicted molar refractivity (Wildman–Crippen MR) is 90.0 cm³/mol. The Morgan fingerprint density at radius 2 is 1.95 bits per heavy atom. The van der Waals surface area contributed by atoms with E-state index in [1.807, 2.05) is 11.0 Å². The second-order valence-electron chi connectivity index (χ2n) is 6.34. The topological polar surface area (TPSA) is 41.6 Å². The van der Waals surface area contributed by atoms with Crippen LogP contribution < -0.4 is 5.32 Å². The largest absolute Gasteiger partial charge is 0.379 e. The standard InChI is InChI=1S/C17H22N2O2.ClH/c1-17(2)12-13-5-3-4-6-14(13)15(18-17)11-16(20)19-7-9-21-10-8-19;/h3-6,11,18H,7-10,12H2,1-2H3;1H. The highest BCUT2D eigenvalue weighted by Gasteiger charge is 2.28. The average molecular weight is 323 g/mol. The zero-order valence-electron chi connectivity index (χ0n) is 13.1. The normalized spacial score (nSPS) is 21.5. The van der Waals surface area contributed by atoms with Gasteiger partial charge in [0.25, 0.3) is 0 Å². The molecule has 0 unspecified atom stereocenters. The number of nitrogens with zero attached hydrogens (tertiary/aromatic N) is 1. The van der Waals surface area contributed by atoms with E-state index in [1.54, 1.807) is 6.08 Å². The fraction of sp³-hybridized carbons (Fsp3) is 0.471. The number of hydrogen-bond donors (Lipinski definition) is 1. The van der Waals surface area contributed by atoms with Crippen molar-refractivity contribution in [3.8, 4) is 0 Å². The summed E-state index contributed by atoms with van der Waals surface area (Å²) < 4.78 is 5.30. The van der Waals surface area contributed by atoms with Crippen LogP contribution in [0.5, 0.6) is 0 Å². The number of nitrogens with one attached hydrogen (secondary N) is 1. The van der Waals surface area contributed by atoms with E-state index >= 15 is 0 Å². The number of fused-ring (bicyclic) bond motifs is 1. The zero-order chi connectivity index (χ0) is 14.9. The zero-order valence-corrected chi connectivity index (χ0v) is 13.9.